The lowest BCUT2D eigenvalue weighted by molar-refractivity contribution is -0.150. The Morgan fingerprint density at radius 2 is 1.93 bits per heavy atom. The van der Waals surface area contributed by atoms with Crippen LogP contribution >= 0.6 is 11.6 Å². The fourth-order valence-electron chi connectivity index (χ4n) is 3.37. The average molecular weight is 417 g/mol. The molecule has 0 saturated carbocycles. The standard InChI is InChI=1S/C17H21ClN2O6S/c1-25-17(22)11-5-7-19(8-6-11)16(21)15-10-20(27(2,23)24)13-9-12(18)3-4-14(13)26-15/h3-4,9,11,15H,5-8,10H2,1-2H3. The fraction of sp³-hybridized carbons (Fsp3) is 0.529. The largest absolute Gasteiger partial charge is 0.476 e. The molecular weight excluding hydrogens is 396 g/mol. The summed E-state index contributed by atoms with van der Waals surface area (Å²) in [7, 11) is -2.27. The fourth-order valence-corrected chi connectivity index (χ4v) is 4.45. The van der Waals surface area contributed by atoms with E-state index in [-0.39, 0.29) is 24.3 Å². The van der Waals surface area contributed by atoms with E-state index < -0.39 is 16.1 Å². The number of amides is 1. The highest BCUT2D eigenvalue weighted by molar-refractivity contribution is 7.92. The first kappa shape index (κ1) is 19.8. The molecule has 2 heterocycles. The Labute approximate surface area is 163 Å². The molecule has 2 aliphatic rings. The molecule has 0 N–H and O–H groups in total. The maximum atomic E-state index is 12.9. The third kappa shape index (κ3) is 4.14. The molecule has 1 unspecified atom stereocenters. The Morgan fingerprint density at radius 3 is 2.52 bits per heavy atom. The van der Waals surface area contributed by atoms with Crippen molar-refractivity contribution < 1.29 is 27.5 Å². The first-order valence-electron chi connectivity index (χ1n) is 8.51. The first-order valence-corrected chi connectivity index (χ1v) is 10.7. The van der Waals surface area contributed by atoms with E-state index in [9.17, 15) is 18.0 Å². The van der Waals surface area contributed by atoms with Crippen LogP contribution in [0.5, 0.6) is 5.75 Å². The van der Waals surface area contributed by atoms with Gasteiger partial charge in [-0.1, -0.05) is 11.6 Å². The quantitative estimate of drug-likeness (QED) is 0.689. The van der Waals surface area contributed by atoms with Crippen molar-refractivity contribution in [3.8, 4) is 5.75 Å². The van der Waals surface area contributed by atoms with Crippen molar-refractivity contribution in [1.29, 1.82) is 0 Å². The third-order valence-corrected chi connectivity index (χ3v) is 6.19. The van der Waals surface area contributed by atoms with Crippen molar-refractivity contribution in [2.45, 2.75) is 18.9 Å². The number of hydrogen-bond donors (Lipinski definition) is 0. The molecular formula is C17H21ClN2O6S. The first-order chi connectivity index (χ1) is 12.7. The predicted octanol–water partition coefficient (Wildman–Crippen LogP) is 1.28. The summed E-state index contributed by atoms with van der Waals surface area (Å²) < 4.78 is 36.1. The predicted molar refractivity (Wildman–Crippen MR) is 99.4 cm³/mol. The number of piperidine rings is 1. The number of sulfonamides is 1. The van der Waals surface area contributed by atoms with Crippen LogP contribution < -0.4 is 9.04 Å². The zero-order chi connectivity index (χ0) is 19.8. The van der Waals surface area contributed by atoms with E-state index in [0.29, 0.717) is 42.4 Å². The number of esters is 1. The van der Waals surface area contributed by atoms with Gasteiger partial charge >= 0.3 is 5.97 Å². The summed E-state index contributed by atoms with van der Waals surface area (Å²) in [5, 5.41) is 0.376. The molecule has 1 atom stereocenters. The number of nitrogens with zero attached hydrogens (tertiary/aromatic N) is 2. The van der Waals surface area contributed by atoms with Crippen LogP contribution in [-0.2, 0) is 24.3 Å². The summed E-state index contributed by atoms with van der Waals surface area (Å²) in [6, 6.07) is 4.63. The highest BCUT2D eigenvalue weighted by Gasteiger charge is 2.38. The summed E-state index contributed by atoms with van der Waals surface area (Å²) in [5.41, 5.74) is 0.318. The number of anilines is 1. The van der Waals surface area contributed by atoms with Gasteiger partial charge in [0.1, 0.15) is 5.75 Å². The van der Waals surface area contributed by atoms with E-state index in [0.717, 1.165) is 10.6 Å². The van der Waals surface area contributed by atoms with Crippen molar-refractivity contribution in [3.63, 3.8) is 0 Å². The van der Waals surface area contributed by atoms with Gasteiger partial charge in [-0.2, -0.15) is 0 Å². The minimum atomic E-state index is -3.61. The monoisotopic (exact) mass is 416 g/mol. The molecule has 0 aromatic heterocycles. The molecule has 3 rings (SSSR count). The lowest BCUT2D eigenvalue weighted by Crippen LogP contribution is -2.53. The Kier molecular flexibility index (Phi) is 5.53. The third-order valence-electron chi connectivity index (χ3n) is 4.81. The lowest BCUT2D eigenvalue weighted by Gasteiger charge is -2.38. The summed E-state index contributed by atoms with van der Waals surface area (Å²) in [5.74, 6) is -0.502. The van der Waals surface area contributed by atoms with Crippen molar-refractivity contribution in [2.24, 2.45) is 5.92 Å². The molecule has 0 bridgehead atoms. The maximum absolute atomic E-state index is 12.9. The van der Waals surface area contributed by atoms with Gasteiger partial charge in [0.25, 0.3) is 5.91 Å². The minimum absolute atomic E-state index is 0.123. The zero-order valence-corrected chi connectivity index (χ0v) is 16.6. The van der Waals surface area contributed by atoms with E-state index in [4.69, 9.17) is 21.1 Å². The van der Waals surface area contributed by atoms with E-state index in [1.54, 1.807) is 17.0 Å². The van der Waals surface area contributed by atoms with Crippen LogP contribution in [0.15, 0.2) is 18.2 Å². The van der Waals surface area contributed by atoms with Crippen molar-refractivity contribution >= 4 is 39.2 Å². The highest BCUT2D eigenvalue weighted by atomic mass is 35.5. The van der Waals surface area contributed by atoms with Crippen molar-refractivity contribution in [3.05, 3.63) is 23.2 Å². The van der Waals surface area contributed by atoms with Crippen LogP contribution in [0.25, 0.3) is 0 Å². The Bertz CT molecular complexity index is 851. The van der Waals surface area contributed by atoms with Crippen LogP contribution in [0.3, 0.4) is 0 Å². The molecule has 1 aromatic rings. The topological polar surface area (TPSA) is 93.2 Å². The second-order valence-corrected chi connectivity index (χ2v) is 8.98. The van der Waals surface area contributed by atoms with Gasteiger partial charge in [-0.15, -0.1) is 0 Å². The lowest BCUT2D eigenvalue weighted by atomic mass is 9.96. The van der Waals surface area contributed by atoms with Gasteiger partial charge in [0.2, 0.25) is 10.0 Å². The number of methoxy groups -OCH3 is 1. The van der Waals surface area contributed by atoms with Crippen LogP contribution in [0, 0.1) is 5.92 Å². The van der Waals surface area contributed by atoms with E-state index in [1.807, 2.05) is 0 Å². The maximum Gasteiger partial charge on any atom is 0.308 e. The van der Waals surface area contributed by atoms with Gasteiger partial charge in [0.05, 0.1) is 31.5 Å². The summed E-state index contributed by atoms with van der Waals surface area (Å²) in [6.07, 6.45) is 1.13. The molecule has 10 heteroatoms. The van der Waals surface area contributed by atoms with E-state index in [2.05, 4.69) is 0 Å². The molecule has 1 saturated heterocycles. The summed E-state index contributed by atoms with van der Waals surface area (Å²) in [6.45, 7) is 0.664. The number of halogens is 1. The number of fused-ring (bicyclic) bond motifs is 1. The van der Waals surface area contributed by atoms with Gasteiger partial charge in [0.15, 0.2) is 6.10 Å². The van der Waals surface area contributed by atoms with Crippen molar-refractivity contribution in [1.82, 2.24) is 4.90 Å². The Morgan fingerprint density at radius 1 is 1.26 bits per heavy atom. The number of likely N-dealkylation sites (tertiary alicyclic amines) is 1. The van der Waals surface area contributed by atoms with Crippen molar-refractivity contribution in [2.75, 3.05) is 37.3 Å². The molecule has 0 radical (unpaired) electrons. The van der Waals surface area contributed by atoms with Gasteiger partial charge in [-0.05, 0) is 31.0 Å². The van der Waals surface area contributed by atoms with Gasteiger partial charge in [-0.25, -0.2) is 8.42 Å². The zero-order valence-electron chi connectivity index (χ0n) is 15.1. The normalized spacial score (nSPS) is 20.6. The highest BCUT2D eigenvalue weighted by Crippen LogP contribution is 2.37. The van der Waals surface area contributed by atoms with Crippen LogP contribution in [0.4, 0.5) is 5.69 Å². The van der Waals surface area contributed by atoms with Gasteiger partial charge in [-0.3, -0.25) is 13.9 Å². The number of carbonyl (C=O) groups is 2. The van der Waals surface area contributed by atoms with E-state index >= 15 is 0 Å². The SMILES string of the molecule is COC(=O)C1CCN(C(=O)C2CN(S(C)(=O)=O)c3cc(Cl)ccc3O2)CC1. The molecule has 1 amide bonds. The Balaban J connectivity index is 1.77. The second-order valence-electron chi connectivity index (χ2n) is 6.64. The van der Waals surface area contributed by atoms with Crippen LogP contribution in [0.1, 0.15) is 12.8 Å². The summed E-state index contributed by atoms with van der Waals surface area (Å²) >= 11 is 5.97. The Hall–Kier alpha value is -2.00. The molecule has 27 heavy (non-hydrogen) atoms. The van der Waals surface area contributed by atoms with Gasteiger partial charge in [0, 0.05) is 18.1 Å². The molecule has 0 spiro atoms. The van der Waals surface area contributed by atoms with E-state index in [1.165, 1.54) is 13.2 Å². The minimum Gasteiger partial charge on any atom is -0.476 e. The van der Waals surface area contributed by atoms with Crippen LogP contribution in [0.2, 0.25) is 5.02 Å². The number of benzene rings is 1. The second kappa shape index (κ2) is 7.55. The number of hydrogen-bond acceptors (Lipinski definition) is 6. The smallest absolute Gasteiger partial charge is 0.308 e. The molecule has 8 nitrogen and oxygen atoms in total. The molecule has 2 aliphatic heterocycles. The number of ether oxygens (including phenoxy) is 2. The summed E-state index contributed by atoms with van der Waals surface area (Å²) in [4.78, 5) is 26.1. The molecule has 1 fully saturated rings. The molecule has 1 aromatic carbocycles. The van der Waals surface area contributed by atoms with Gasteiger partial charge < -0.3 is 14.4 Å². The molecule has 148 valence electrons. The number of carbonyl (C=O) groups excluding carboxylic acids is 2. The number of rotatable bonds is 3. The molecule has 0 aliphatic carbocycles. The average Bonchev–Trinajstić information content (AvgIpc) is 2.65. The van der Waals surface area contributed by atoms with Crippen LogP contribution in [-0.4, -0.2) is 64.3 Å².